The number of amides is 1. The van der Waals surface area contributed by atoms with E-state index in [-0.39, 0.29) is 11.9 Å². The molecule has 6 heteroatoms. The van der Waals surface area contributed by atoms with Crippen LogP contribution in [0.3, 0.4) is 0 Å². The summed E-state index contributed by atoms with van der Waals surface area (Å²) in [6.07, 6.45) is 5.46. The van der Waals surface area contributed by atoms with Crippen molar-refractivity contribution in [3.8, 4) is 0 Å². The Bertz CT molecular complexity index is 782. The van der Waals surface area contributed by atoms with Gasteiger partial charge in [0, 0.05) is 52.7 Å². The van der Waals surface area contributed by atoms with Crippen molar-refractivity contribution in [3.05, 3.63) is 54.4 Å². The molecular weight excluding hydrogens is 338 g/mol. The van der Waals surface area contributed by atoms with Gasteiger partial charge >= 0.3 is 0 Å². The molecule has 1 amide bonds. The second kappa shape index (κ2) is 7.27. The standard InChI is InChI=1S/C21H27N5O/c1-24(2)19(27)21-10-6-13-26(20-22-11-7-12-23-20)18(21)15-25(16-21)14-17-8-4-3-5-9-17/h3-5,7-9,11-12,18H,6,10,13-16H2,1-2H3/t18-,21-/m0/s1. The molecule has 2 atom stereocenters. The summed E-state index contributed by atoms with van der Waals surface area (Å²) in [7, 11) is 3.73. The molecule has 2 saturated heterocycles. The van der Waals surface area contributed by atoms with E-state index < -0.39 is 5.41 Å². The number of hydrogen-bond donors (Lipinski definition) is 0. The molecule has 142 valence electrons. The molecular formula is C21H27N5O. The largest absolute Gasteiger partial charge is 0.348 e. The van der Waals surface area contributed by atoms with Gasteiger partial charge in [0.15, 0.2) is 0 Å². The Kier molecular flexibility index (Phi) is 4.83. The fourth-order valence-electron chi connectivity index (χ4n) is 4.75. The van der Waals surface area contributed by atoms with Crippen molar-refractivity contribution in [2.24, 2.45) is 5.41 Å². The van der Waals surface area contributed by atoms with E-state index >= 15 is 0 Å². The minimum Gasteiger partial charge on any atom is -0.348 e. The van der Waals surface area contributed by atoms with Crippen molar-refractivity contribution >= 4 is 11.9 Å². The summed E-state index contributed by atoms with van der Waals surface area (Å²) in [5, 5.41) is 0. The number of carbonyl (C=O) groups is 1. The molecule has 1 aromatic heterocycles. The van der Waals surface area contributed by atoms with Gasteiger partial charge in [-0.1, -0.05) is 30.3 Å². The Hall–Kier alpha value is -2.47. The fraction of sp³-hybridized carbons (Fsp3) is 0.476. The van der Waals surface area contributed by atoms with Crippen molar-refractivity contribution < 1.29 is 4.79 Å². The molecule has 0 spiro atoms. The lowest BCUT2D eigenvalue weighted by Crippen LogP contribution is -2.58. The minimum atomic E-state index is -0.393. The van der Waals surface area contributed by atoms with Crippen LogP contribution in [0.15, 0.2) is 48.8 Å². The third-order valence-electron chi connectivity index (χ3n) is 5.86. The van der Waals surface area contributed by atoms with Crippen molar-refractivity contribution in [1.82, 2.24) is 19.8 Å². The predicted octanol–water partition coefficient (Wildman–Crippen LogP) is 2.04. The summed E-state index contributed by atoms with van der Waals surface area (Å²) in [5.41, 5.74) is 0.890. The second-order valence-corrected chi connectivity index (χ2v) is 7.87. The number of rotatable bonds is 4. The first-order chi connectivity index (χ1) is 13.1. The predicted molar refractivity (Wildman–Crippen MR) is 105 cm³/mol. The van der Waals surface area contributed by atoms with E-state index in [2.05, 4.69) is 44.0 Å². The van der Waals surface area contributed by atoms with Crippen molar-refractivity contribution in [1.29, 1.82) is 0 Å². The maximum atomic E-state index is 13.3. The molecule has 2 fully saturated rings. The van der Waals surface area contributed by atoms with Gasteiger partial charge in [0.05, 0.1) is 11.5 Å². The van der Waals surface area contributed by atoms with Gasteiger partial charge in [-0.25, -0.2) is 9.97 Å². The molecule has 2 aliphatic heterocycles. The Morgan fingerprint density at radius 2 is 1.93 bits per heavy atom. The molecule has 2 aliphatic rings. The molecule has 0 radical (unpaired) electrons. The van der Waals surface area contributed by atoms with Crippen LogP contribution < -0.4 is 4.90 Å². The van der Waals surface area contributed by atoms with Crippen LogP contribution >= 0.6 is 0 Å². The number of fused-ring (bicyclic) bond motifs is 1. The summed E-state index contributed by atoms with van der Waals surface area (Å²) < 4.78 is 0. The lowest BCUT2D eigenvalue weighted by molar-refractivity contribution is -0.140. The van der Waals surface area contributed by atoms with Crippen LogP contribution in [0.5, 0.6) is 0 Å². The highest BCUT2D eigenvalue weighted by atomic mass is 16.2. The van der Waals surface area contributed by atoms with Crippen LogP contribution in [0.2, 0.25) is 0 Å². The van der Waals surface area contributed by atoms with Crippen LogP contribution in [0, 0.1) is 5.41 Å². The maximum Gasteiger partial charge on any atom is 0.231 e. The van der Waals surface area contributed by atoms with E-state index in [9.17, 15) is 4.79 Å². The molecule has 0 aliphatic carbocycles. The third-order valence-corrected chi connectivity index (χ3v) is 5.86. The van der Waals surface area contributed by atoms with Gasteiger partial charge in [0.25, 0.3) is 0 Å². The zero-order valence-electron chi connectivity index (χ0n) is 16.1. The van der Waals surface area contributed by atoms with Crippen LogP contribution in [0.1, 0.15) is 18.4 Å². The van der Waals surface area contributed by atoms with Crippen molar-refractivity contribution in [2.75, 3.05) is 38.6 Å². The second-order valence-electron chi connectivity index (χ2n) is 7.87. The van der Waals surface area contributed by atoms with Crippen molar-refractivity contribution in [2.45, 2.75) is 25.4 Å². The summed E-state index contributed by atoms with van der Waals surface area (Å²) in [6, 6.07) is 12.4. The van der Waals surface area contributed by atoms with Gasteiger partial charge in [-0.2, -0.15) is 0 Å². The molecule has 3 heterocycles. The SMILES string of the molecule is CN(C)C(=O)[C@]12CCCN(c3ncccn3)[C@H]1CN(Cc1ccccc1)C2. The maximum absolute atomic E-state index is 13.3. The molecule has 27 heavy (non-hydrogen) atoms. The molecule has 0 unspecified atom stereocenters. The summed E-state index contributed by atoms with van der Waals surface area (Å²) in [5.74, 6) is 0.961. The number of carbonyl (C=O) groups excluding carboxylic acids is 1. The zero-order chi connectivity index (χ0) is 18.9. The fourth-order valence-corrected chi connectivity index (χ4v) is 4.75. The molecule has 0 N–H and O–H groups in total. The summed E-state index contributed by atoms with van der Waals surface area (Å²) in [4.78, 5) is 28.7. The smallest absolute Gasteiger partial charge is 0.231 e. The lowest BCUT2D eigenvalue weighted by Gasteiger charge is -2.45. The normalized spacial score (nSPS) is 25.3. The molecule has 4 rings (SSSR count). The van der Waals surface area contributed by atoms with E-state index in [0.717, 1.165) is 45.0 Å². The quantitative estimate of drug-likeness (QED) is 0.830. The Balaban J connectivity index is 1.66. The van der Waals surface area contributed by atoms with Gasteiger partial charge < -0.3 is 9.80 Å². The van der Waals surface area contributed by atoms with Crippen LogP contribution in [0.4, 0.5) is 5.95 Å². The molecule has 0 saturated carbocycles. The highest BCUT2D eigenvalue weighted by Crippen LogP contribution is 2.44. The van der Waals surface area contributed by atoms with Gasteiger partial charge in [0.2, 0.25) is 11.9 Å². The molecule has 1 aromatic carbocycles. The number of likely N-dealkylation sites (tertiary alicyclic amines) is 1. The Labute approximate surface area is 160 Å². The van der Waals surface area contributed by atoms with Gasteiger partial charge in [-0.3, -0.25) is 9.69 Å². The monoisotopic (exact) mass is 365 g/mol. The van der Waals surface area contributed by atoms with E-state index in [1.54, 1.807) is 17.3 Å². The lowest BCUT2D eigenvalue weighted by atomic mass is 9.74. The minimum absolute atomic E-state index is 0.104. The highest BCUT2D eigenvalue weighted by Gasteiger charge is 2.56. The third kappa shape index (κ3) is 3.30. The highest BCUT2D eigenvalue weighted by molar-refractivity contribution is 5.85. The number of benzene rings is 1. The van der Waals surface area contributed by atoms with Gasteiger partial charge in [0.1, 0.15) is 0 Å². The number of anilines is 1. The first-order valence-electron chi connectivity index (χ1n) is 9.62. The summed E-state index contributed by atoms with van der Waals surface area (Å²) >= 11 is 0. The topological polar surface area (TPSA) is 52.6 Å². The van der Waals surface area contributed by atoms with Gasteiger partial charge in [-0.05, 0) is 24.5 Å². The number of hydrogen-bond acceptors (Lipinski definition) is 5. The number of piperidine rings is 1. The van der Waals surface area contributed by atoms with E-state index in [1.807, 2.05) is 26.2 Å². The first kappa shape index (κ1) is 17.9. The summed E-state index contributed by atoms with van der Waals surface area (Å²) in [6.45, 7) is 3.40. The van der Waals surface area contributed by atoms with E-state index in [1.165, 1.54) is 5.56 Å². The Morgan fingerprint density at radius 1 is 1.19 bits per heavy atom. The average molecular weight is 365 g/mol. The van der Waals surface area contributed by atoms with E-state index in [4.69, 9.17) is 0 Å². The van der Waals surface area contributed by atoms with Crippen LogP contribution in [-0.2, 0) is 11.3 Å². The van der Waals surface area contributed by atoms with Crippen molar-refractivity contribution in [3.63, 3.8) is 0 Å². The Morgan fingerprint density at radius 3 is 2.63 bits per heavy atom. The number of aromatic nitrogens is 2. The number of nitrogens with zero attached hydrogens (tertiary/aromatic N) is 5. The zero-order valence-corrected chi connectivity index (χ0v) is 16.1. The molecule has 0 bridgehead atoms. The van der Waals surface area contributed by atoms with Crippen LogP contribution in [-0.4, -0.2) is 65.4 Å². The van der Waals surface area contributed by atoms with Crippen LogP contribution in [0.25, 0.3) is 0 Å². The van der Waals surface area contributed by atoms with E-state index in [0.29, 0.717) is 0 Å². The first-order valence-corrected chi connectivity index (χ1v) is 9.62. The molecule has 2 aromatic rings. The van der Waals surface area contributed by atoms with Gasteiger partial charge in [-0.15, -0.1) is 0 Å². The average Bonchev–Trinajstić information content (AvgIpc) is 3.07. The molecule has 6 nitrogen and oxygen atoms in total.